The van der Waals surface area contributed by atoms with Crippen LogP contribution in [0.2, 0.25) is 5.02 Å². The molecule has 0 radical (unpaired) electrons. The summed E-state index contributed by atoms with van der Waals surface area (Å²) in [6.07, 6.45) is 1.37. The topological polar surface area (TPSA) is 58.6 Å². The molecule has 0 saturated carbocycles. The van der Waals surface area contributed by atoms with Crippen LogP contribution in [-0.2, 0) is 29.0 Å². The summed E-state index contributed by atoms with van der Waals surface area (Å²) in [6.45, 7) is 4.22. The number of halogens is 1. The van der Waals surface area contributed by atoms with Gasteiger partial charge in [-0.15, -0.1) is 0 Å². The first-order chi connectivity index (χ1) is 16.9. The maximum atomic E-state index is 13.7. The van der Waals surface area contributed by atoms with Gasteiger partial charge in [0.25, 0.3) is 0 Å². The molecule has 0 aliphatic carbocycles. The normalized spacial score (nSPS) is 12.5. The van der Waals surface area contributed by atoms with E-state index in [9.17, 15) is 9.59 Å². The van der Waals surface area contributed by atoms with E-state index >= 15 is 0 Å². The van der Waals surface area contributed by atoms with Crippen LogP contribution in [0.5, 0.6) is 5.75 Å². The first-order valence-electron chi connectivity index (χ1n) is 11.9. The van der Waals surface area contributed by atoms with Crippen LogP contribution >= 0.6 is 11.6 Å². The predicted octanol–water partition coefficient (Wildman–Crippen LogP) is 5.45. The molecule has 2 amide bonds. The first-order valence-corrected chi connectivity index (χ1v) is 12.3. The molecule has 5 nitrogen and oxygen atoms in total. The summed E-state index contributed by atoms with van der Waals surface area (Å²) in [5, 5.41) is 3.65. The van der Waals surface area contributed by atoms with Crippen molar-refractivity contribution in [3.8, 4) is 5.75 Å². The van der Waals surface area contributed by atoms with E-state index in [1.807, 2.05) is 86.6 Å². The molecule has 3 rings (SSSR count). The fourth-order valence-electron chi connectivity index (χ4n) is 3.82. The van der Waals surface area contributed by atoms with Crippen LogP contribution in [0.15, 0.2) is 78.9 Å². The molecule has 1 N–H and O–H groups in total. The monoisotopic (exact) mass is 492 g/mol. The Morgan fingerprint density at radius 3 is 2.23 bits per heavy atom. The van der Waals surface area contributed by atoms with Gasteiger partial charge in [-0.2, -0.15) is 0 Å². The van der Waals surface area contributed by atoms with E-state index in [0.717, 1.165) is 28.9 Å². The summed E-state index contributed by atoms with van der Waals surface area (Å²) in [4.78, 5) is 28.9. The minimum atomic E-state index is -0.687. The Kier molecular flexibility index (Phi) is 9.74. The van der Waals surface area contributed by atoms with Crippen LogP contribution in [0, 0.1) is 0 Å². The van der Waals surface area contributed by atoms with Crippen LogP contribution in [0.4, 0.5) is 0 Å². The van der Waals surface area contributed by atoms with E-state index in [0.29, 0.717) is 11.4 Å². The maximum Gasteiger partial charge on any atom is 0.243 e. The van der Waals surface area contributed by atoms with Crippen molar-refractivity contribution in [3.63, 3.8) is 0 Å². The molecule has 0 bridgehead atoms. The molecule has 0 aromatic heterocycles. The van der Waals surface area contributed by atoms with E-state index in [1.54, 1.807) is 18.1 Å². The first kappa shape index (κ1) is 26.3. The molecule has 0 unspecified atom stereocenters. The van der Waals surface area contributed by atoms with Crippen LogP contribution < -0.4 is 10.1 Å². The molecule has 184 valence electrons. The Bertz CT molecular complexity index is 1100. The molecule has 6 heteroatoms. The van der Waals surface area contributed by atoms with Crippen molar-refractivity contribution < 1.29 is 14.3 Å². The highest BCUT2D eigenvalue weighted by Crippen LogP contribution is 2.22. The van der Waals surface area contributed by atoms with Gasteiger partial charge in [0, 0.05) is 24.0 Å². The van der Waals surface area contributed by atoms with Gasteiger partial charge in [0.1, 0.15) is 11.8 Å². The van der Waals surface area contributed by atoms with E-state index in [1.165, 1.54) is 0 Å². The van der Waals surface area contributed by atoms with Gasteiger partial charge in [-0.25, -0.2) is 0 Å². The molecule has 0 heterocycles. The SMILES string of the molecule is CC[C@@H](C)NC(=O)[C@@H](Cc1ccccc1)N(Cc1ccccc1Cl)C(=O)Cc1ccc(OC)cc1. The number of hydrogen-bond donors (Lipinski definition) is 1. The third kappa shape index (κ3) is 7.59. The van der Waals surface area contributed by atoms with Crippen molar-refractivity contribution in [2.24, 2.45) is 0 Å². The summed E-state index contributed by atoms with van der Waals surface area (Å²) in [5.74, 6) is 0.415. The van der Waals surface area contributed by atoms with Crippen LogP contribution in [0.3, 0.4) is 0 Å². The lowest BCUT2D eigenvalue weighted by molar-refractivity contribution is -0.141. The number of nitrogens with one attached hydrogen (secondary N) is 1. The number of carbonyl (C=O) groups is 2. The zero-order valence-corrected chi connectivity index (χ0v) is 21.3. The molecule has 0 saturated heterocycles. The molecule has 0 spiro atoms. The number of methoxy groups -OCH3 is 1. The van der Waals surface area contributed by atoms with Crippen molar-refractivity contribution in [2.45, 2.75) is 51.7 Å². The Hall–Kier alpha value is -3.31. The maximum absolute atomic E-state index is 13.7. The van der Waals surface area contributed by atoms with Gasteiger partial charge in [-0.05, 0) is 48.2 Å². The highest BCUT2D eigenvalue weighted by Gasteiger charge is 2.31. The van der Waals surface area contributed by atoms with Crippen molar-refractivity contribution in [1.82, 2.24) is 10.2 Å². The lowest BCUT2D eigenvalue weighted by Gasteiger charge is -2.32. The fourth-order valence-corrected chi connectivity index (χ4v) is 4.02. The number of amides is 2. The molecule has 2 atom stereocenters. The van der Waals surface area contributed by atoms with Gasteiger partial charge in [-0.1, -0.05) is 79.2 Å². The van der Waals surface area contributed by atoms with Crippen LogP contribution in [0.1, 0.15) is 37.0 Å². The molecule has 0 fully saturated rings. The van der Waals surface area contributed by atoms with Gasteiger partial charge >= 0.3 is 0 Å². The van der Waals surface area contributed by atoms with Crippen LogP contribution in [0.25, 0.3) is 0 Å². The molecular formula is C29H33ClN2O3. The standard InChI is InChI=1S/C29H33ClN2O3/c1-4-21(2)31-29(34)27(18-22-10-6-5-7-11-22)32(20-24-12-8-9-13-26(24)30)28(33)19-23-14-16-25(35-3)17-15-23/h5-17,21,27H,4,18-20H2,1-3H3,(H,31,34)/t21-,27-/m1/s1. The second-order valence-corrected chi connectivity index (χ2v) is 9.07. The zero-order chi connectivity index (χ0) is 25.2. The largest absolute Gasteiger partial charge is 0.497 e. The molecule has 3 aromatic rings. The van der Waals surface area contributed by atoms with Crippen LogP contribution in [-0.4, -0.2) is 35.9 Å². The van der Waals surface area contributed by atoms with Crippen molar-refractivity contribution >= 4 is 23.4 Å². The minimum Gasteiger partial charge on any atom is -0.497 e. The summed E-state index contributed by atoms with van der Waals surface area (Å²) in [6, 6.07) is 23.9. The summed E-state index contributed by atoms with van der Waals surface area (Å²) < 4.78 is 5.23. The lowest BCUT2D eigenvalue weighted by atomic mass is 10.0. The Morgan fingerprint density at radius 2 is 1.60 bits per heavy atom. The number of benzene rings is 3. The predicted molar refractivity (Wildman–Crippen MR) is 141 cm³/mol. The molecule has 0 aliphatic heterocycles. The van der Waals surface area contributed by atoms with E-state index in [-0.39, 0.29) is 30.8 Å². The summed E-state index contributed by atoms with van der Waals surface area (Å²) >= 11 is 6.47. The summed E-state index contributed by atoms with van der Waals surface area (Å²) in [5.41, 5.74) is 2.63. The Labute approximate surface area is 213 Å². The Morgan fingerprint density at radius 1 is 0.943 bits per heavy atom. The molecule has 0 aliphatic rings. The van der Waals surface area contributed by atoms with E-state index in [2.05, 4.69) is 5.32 Å². The van der Waals surface area contributed by atoms with Gasteiger partial charge in [0.05, 0.1) is 13.5 Å². The molecule has 35 heavy (non-hydrogen) atoms. The van der Waals surface area contributed by atoms with Gasteiger partial charge in [-0.3, -0.25) is 9.59 Å². The lowest BCUT2D eigenvalue weighted by Crippen LogP contribution is -2.52. The number of carbonyl (C=O) groups excluding carboxylic acids is 2. The number of rotatable bonds is 11. The molecular weight excluding hydrogens is 460 g/mol. The zero-order valence-electron chi connectivity index (χ0n) is 20.5. The number of nitrogens with zero attached hydrogens (tertiary/aromatic N) is 1. The van der Waals surface area contributed by atoms with Crippen molar-refractivity contribution in [3.05, 3.63) is 101 Å². The van der Waals surface area contributed by atoms with Gasteiger partial charge in [0.15, 0.2) is 0 Å². The summed E-state index contributed by atoms with van der Waals surface area (Å²) in [7, 11) is 1.61. The van der Waals surface area contributed by atoms with Crippen molar-refractivity contribution in [2.75, 3.05) is 7.11 Å². The number of hydrogen-bond acceptors (Lipinski definition) is 3. The average Bonchev–Trinajstić information content (AvgIpc) is 2.88. The van der Waals surface area contributed by atoms with E-state index in [4.69, 9.17) is 16.3 Å². The van der Waals surface area contributed by atoms with Gasteiger partial charge in [0.2, 0.25) is 11.8 Å². The van der Waals surface area contributed by atoms with Crippen molar-refractivity contribution in [1.29, 1.82) is 0 Å². The fraction of sp³-hybridized carbons (Fsp3) is 0.310. The second-order valence-electron chi connectivity index (χ2n) is 8.66. The smallest absolute Gasteiger partial charge is 0.243 e. The third-order valence-electron chi connectivity index (χ3n) is 6.09. The Balaban J connectivity index is 1.97. The molecule has 3 aromatic carbocycles. The highest BCUT2D eigenvalue weighted by molar-refractivity contribution is 6.31. The quantitative estimate of drug-likeness (QED) is 0.387. The number of ether oxygens (including phenoxy) is 1. The minimum absolute atomic E-state index is 0.000346. The highest BCUT2D eigenvalue weighted by atomic mass is 35.5. The third-order valence-corrected chi connectivity index (χ3v) is 6.45. The average molecular weight is 493 g/mol. The second kappa shape index (κ2) is 13.0. The van der Waals surface area contributed by atoms with E-state index < -0.39 is 6.04 Å². The van der Waals surface area contributed by atoms with Gasteiger partial charge < -0.3 is 15.0 Å².